The molecule has 0 bridgehead atoms. The molecule has 8 heteroatoms. The first-order valence-corrected chi connectivity index (χ1v) is 12.2. The summed E-state index contributed by atoms with van der Waals surface area (Å²) in [5.41, 5.74) is 11.6. The van der Waals surface area contributed by atoms with Crippen molar-refractivity contribution >= 4 is 21.8 Å². The lowest BCUT2D eigenvalue weighted by Crippen LogP contribution is -2.26. The summed E-state index contributed by atoms with van der Waals surface area (Å²) in [6.07, 6.45) is 0. The van der Waals surface area contributed by atoms with Crippen LogP contribution in [-0.4, -0.2) is 44.3 Å². The molecule has 0 aliphatic carbocycles. The van der Waals surface area contributed by atoms with Crippen LogP contribution in [-0.2, 0) is 15.1 Å². The second-order valence-electron chi connectivity index (χ2n) is 7.37. The predicted molar refractivity (Wildman–Crippen MR) is 142 cm³/mol. The average Bonchev–Trinajstić information content (AvgIpc) is 2.77. The maximum absolute atomic E-state index is 8.74. The fourth-order valence-corrected chi connectivity index (χ4v) is 2.60. The van der Waals surface area contributed by atoms with E-state index in [9.17, 15) is 0 Å². The maximum Gasteiger partial charge on any atom is 0.394 e. The smallest absolute Gasteiger partial charge is 0.394 e. The Morgan fingerprint density at radius 3 is 1.59 bits per heavy atom. The number of methoxy groups -OCH3 is 1. The number of nitrogens with two attached hydrogens (primary N) is 1. The first-order valence-electron chi connectivity index (χ1n) is 10.8. The van der Waals surface area contributed by atoms with Crippen LogP contribution in [0.5, 0.6) is 0 Å². The number of benzene rings is 3. The van der Waals surface area contributed by atoms with Crippen LogP contribution < -0.4 is 10.6 Å². The highest BCUT2D eigenvalue weighted by atomic mass is 32.3. The van der Waals surface area contributed by atoms with Gasteiger partial charge in [-0.15, -0.1) is 0 Å². The summed E-state index contributed by atoms with van der Waals surface area (Å²) in [4.78, 5) is 2.27. The Hall–Kier alpha value is -2.91. The largest absolute Gasteiger partial charge is 0.399 e. The first-order chi connectivity index (χ1) is 16.0. The van der Waals surface area contributed by atoms with Crippen molar-refractivity contribution in [3.63, 3.8) is 0 Å². The van der Waals surface area contributed by atoms with Gasteiger partial charge in [-0.2, -0.15) is 8.42 Å². The Morgan fingerprint density at radius 2 is 1.29 bits per heavy atom. The summed E-state index contributed by atoms with van der Waals surface area (Å²) in [5, 5.41) is 0. The number of ether oxygens (including phenoxy) is 1. The fraction of sp³-hybridized carbons (Fsp3) is 0.308. The minimum Gasteiger partial charge on any atom is -0.399 e. The van der Waals surface area contributed by atoms with Gasteiger partial charge in [-0.25, -0.2) is 0 Å². The van der Waals surface area contributed by atoms with Crippen LogP contribution in [0.25, 0.3) is 0 Å². The molecule has 0 aromatic heterocycles. The number of likely N-dealkylation sites (N-methyl/N-ethyl adjacent to an activating group) is 1. The third-order valence-electron chi connectivity index (χ3n) is 4.45. The summed E-state index contributed by atoms with van der Waals surface area (Å²) < 4.78 is 36.7. The Balaban J connectivity index is 0.000000477. The molecule has 0 unspecified atom stereocenters. The summed E-state index contributed by atoms with van der Waals surface area (Å²) in [7, 11) is -2.94. The highest BCUT2D eigenvalue weighted by Crippen LogP contribution is 2.20. The summed E-state index contributed by atoms with van der Waals surface area (Å²) in [6, 6.07) is 26.7. The van der Waals surface area contributed by atoms with Gasteiger partial charge in [-0.3, -0.25) is 9.11 Å². The van der Waals surface area contributed by atoms with Gasteiger partial charge in [0.2, 0.25) is 0 Å². The van der Waals surface area contributed by atoms with E-state index in [0.29, 0.717) is 0 Å². The van der Waals surface area contributed by atoms with Crippen LogP contribution in [0.15, 0.2) is 78.9 Å². The van der Waals surface area contributed by atoms with Gasteiger partial charge in [0, 0.05) is 31.6 Å². The van der Waals surface area contributed by atoms with Crippen LogP contribution in [0.4, 0.5) is 11.4 Å². The number of nitrogen functional groups attached to an aromatic ring is 1. The fourth-order valence-electron chi connectivity index (χ4n) is 2.60. The summed E-state index contributed by atoms with van der Waals surface area (Å²) >= 11 is 0. The SMILES string of the molecule is CCN(CCOC)c1ccc(N)c(C)c1.Cc1ccccc1.Cc1ccccc1.O=S(=O)(O)O. The zero-order chi connectivity index (χ0) is 26.0. The van der Waals surface area contributed by atoms with Crippen molar-refractivity contribution < 1.29 is 22.3 Å². The number of aryl methyl sites for hydroxylation is 3. The first kappa shape index (κ1) is 31.1. The second kappa shape index (κ2) is 17.6. The topological polar surface area (TPSA) is 113 Å². The van der Waals surface area contributed by atoms with E-state index in [2.05, 4.69) is 62.1 Å². The Labute approximate surface area is 204 Å². The summed E-state index contributed by atoms with van der Waals surface area (Å²) in [6.45, 7) is 11.0. The molecule has 4 N–H and O–H groups in total. The number of hydrogen-bond donors (Lipinski definition) is 3. The van der Waals surface area contributed by atoms with Gasteiger partial charge < -0.3 is 15.4 Å². The van der Waals surface area contributed by atoms with Crippen molar-refractivity contribution in [2.45, 2.75) is 27.7 Å². The lowest BCUT2D eigenvalue weighted by molar-refractivity contribution is 0.205. The van der Waals surface area contributed by atoms with Gasteiger partial charge in [0.25, 0.3) is 0 Å². The van der Waals surface area contributed by atoms with E-state index in [0.717, 1.165) is 30.9 Å². The van der Waals surface area contributed by atoms with Crippen LogP contribution in [0.2, 0.25) is 0 Å². The molecule has 0 saturated heterocycles. The molecule has 0 heterocycles. The van der Waals surface area contributed by atoms with E-state index in [1.165, 1.54) is 16.8 Å². The molecule has 0 saturated carbocycles. The molecule has 0 aliphatic heterocycles. The highest BCUT2D eigenvalue weighted by molar-refractivity contribution is 7.79. The molecule has 0 aliphatic rings. The van der Waals surface area contributed by atoms with Crippen molar-refractivity contribution in [3.05, 3.63) is 95.6 Å². The predicted octanol–water partition coefficient (Wildman–Crippen LogP) is 5.39. The summed E-state index contributed by atoms with van der Waals surface area (Å²) in [5.74, 6) is 0. The third-order valence-corrected chi connectivity index (χ3v) is 4.45. The van der Waals surface area contributed by atoms with E-state index < -0.39 is 10.4 Å². The van der Waals surface area contributed by atoms with Gasteiger partial charge in [0.15, 0.2) is 0 Å². The monoisotopic (exact) mass is 490 g/mol. The maximum atomic E-state index is 8.74. The second-order valence-corrected chi connectivity index (χ2v) is 8.27. The molecule has 3 aromatic carbocycles. The van der Waals surface area contributed by atoms with Crippen LogP contribution in [0.3, 0.4) is 0 Å². The van der Waals surface area contributed by atoms with E-state index in [-0.39, 0.29) is 0 Å². The Kier molecular flexibility index (Phi) is 16.0. The number of nitrogens with zero attached hydrogens (tertiary/aromatic N) is 1. The van der Waals surface area contributed by atoms with Gasteiger partial charge >= 0.3 is 10.4 Å². The molecule has 0 amide bonds. The number of anilines is 2. The van der Waals surface area contributed by atoms with Gasteiger partial charge in [0.05, 0.1) is 6.61 Å². The molecule has 34 heavy (non-hydrogen) atoms. The van der Waals surface area contributed by atoms with Gasteiger partial charge in [-0.1, -0.05) is 71.8 Å². The molecular weight excluding hydrogens is 452 g/mol. The minimum atomic E-state index is -4.67. The van der Waals surface area contributed by atoms with Crippen molar-refractivity contribution in [1.29, 1.82) is 0 Å². The molecule has 0 spiro atoms. The standard InChI is InChI=1S/C12H20N2O.2C7H8.H2O4S/c1-4-14(7-8-15-3)11-5-6-12(13)10(2)9-11;2*1-7-5-3-2-4-6-7;1-5(2,3)4/h5-6,9H,4,7-8,13H2,1-3H3;2*2-6H,1H3;(H2,1,2,3,4). The van der Waals surface area contributed by atoms with Crippen LogP contribution >= 0.6 is 0 Å². The normalized spacial score (nSPS) is 9.85. The van der Waals surface area contributed by atoms with E-state index in [1.54, 1.807) is 7.11 Å². The highest BCUT2D eigenvalue weighted by Gasteiger charge is 2.04. The lowest BCUT2D eigenvalue weighted by Gasteiger charge is -2.23. The van der Waals surface area contributed by atoms with Gasteiger partial charge in [0.1, 0.15) is 0 Å². The lowest BCUT2D eigenvalue weighted by atomic mass is 10.1. The number of hydrogen-bond acceptors (Lipinski definition) is 5. The molecule has 7 nitrogen and oxygen atoms in total. The molecule has 0 atom stereocenters. The quantitative estimate of drug-likeness (QED) is 0.325. The molecule has 0 fully saturated rings. The molecule has 3 aromatic rings. The molecule has 3 rings (SSSR count). The van der Waals surface area contributed by atoms with Crippen molar-refractivity contribution in [2.24, 2.45) is 0 Å². The Bertz CT molecular complexity index is 968. The van der Waals surface area contributed by atoms with Crippen molar-refractivity contribution in [2.75, 3.05) is 37.4 Å². The van der Waals surface area contributed by atoms with E-state index in [1.807, 2.05) is 49.4 Å². The van der Waals surface area contributed by atoms with Crippen LogP contribution in [0.1, 0.15) is 23.6 Å². The van der Waals surface area contributed by atoms with Gasteiger partial charge in [-0.05, 0) is 51.5 Å². The Morgan fingerprint density at radius 1 is 0.853 bits per heavy atom. The third kappa shape index (κ3) is 17.6. The average molecular weight is 491 g/mol. The minimum absolute atomic E-state index is 0.747. The van der Waals surface area contributed by atoms with E-state index in [4.69, 9.17) is 28.0 Å². The van der Waals surface area contributed by atoms with E-state index >= 15 is 0 Å². The molecule has 0 radical (unpaired) electrons. The van der Waals surface area contributed by atoms with Crippen molar-refractivity contribution in [1.82, 2.24) is 0 Å². The molecule has 188 valence electrons. The number of rotatable bonds is 5. The van der Waals surface area contributed by atoms with Crippen LogP contribution in [0, 0.1) is 20.8 Å². The zero-order valence-electron chi connectivity index (χ0n) is 20.7. The van der Waals surface area contributed by atoms with Crippen molar-refractivity contribution in [3.8, 4) is 0 Å². The zero-order valence-corrected chi connectivity index (χ0v) is 21.5. The molecular formula is C26H38N2O5S.